The quantitative estimate of drug-likeness (QED) is 0.606. The van der Waals surface area contributed by atoms with Crippen LogP contribution in [-0.4, -0.2) is 18.5 Å². The number of nitrogens with one attached hydrogen (secondary N) is 3. The highest BCUT2D eigenvalue weighted by Gasteiger charge is 2.07. The molecule has 0 aromatic heterocycles. The number of aryl methyl sites for hydroxylation is 1. The van der Waals surface area contributed by atoms with Crippen LogP contribution >= 0.6 is 0 Å². The minimum absolute atomic E-state index is 0.209. The lowest BCUT2D eigenvalue weighted by molar-refractivity contribution is -0.123. The fourth-order valence-corrected chi connectivity index (χ4v) is 2.61. The van der Waals surface area contributed by atoms with Crippen molar-refractivity contribution in [3.05, 3.63) is 72.3 Å². The molecule has 0 saturated heterocycles. The minimum Gasteiger partial charge on any atom is -0.483 e. The summed E-state index contributed by atoms with van der Waals surface area (Å²) < 4.78 is 5.57. The number of anilines is 1. The highest BCUT2D eigenvalue weighted by Crippen LogP contribution is 2.24. The van der Waals surface area contributed by atoms with Crippen LogP contribution in [-0.2, 0) is 11.2 Å². The molecule has 0 spiro atoms. The maximum atomic E-state index is 11.9. The van der Waals surface area contributed by atoms with E-state index in [0.29, 0.717) is 11.4 Å². The van der Waals surface area contributed by atoms with Gasteiger partial charge in [0.15, 0.2) is 6.61 Å². The number of hydrogen-bond donors (Lipinski definition) is 3. The summed E-state index contributed by atoms with van der Waals surface area (Å²) in [5.41, 5.74) is 6.45. The molecule has 0 unspecified atom stereocenters. The number of fused-ring (bicyclic) bond motifs is 1. The average Bonchev–Trinajstić information content (AvgIpc) is 2.71. The van der Waals surface area contributed by atoms with Crippen LogP contribution in [0, 0.1) is 0 Å². The molecule has 0 radical (unpaired) electrons. The molecular formula is C21H21N3O3. The first-order chi connectivity index (χ1) is 13.2. The topological polar surface area (TPSA) is 79.5 Å². The summed E-state index contributed by atoms with van der Waals surface area (Å²) in [7, 11) is 0. The second-order valence-electron chi connectivity index (χ2n) is 5.94. The standard InChI is InChI=1S/C21H21N3O3/c1-2-15-10-12-17(13-11-15)22-21(26)24-23-20(25)14-27-19-9-5-7-16-6-3-4-8-18(16)19/h3-13H,2,14H2,1H3,(H,23,25)(H2,22,24,26). The summed E-state index contributed by atoms with van der Waals surface area (Å²) in [5.74, 6) is 0.156. The van der Waals surface area contributed by atoms with E-state index in [4.69, 9.17) is 4.74 Å². The van der Waals surface area contributed by atoms with Crippen LogP contribution in [0.5, 0.6) is 5.75 Å². The number of amides is 3. The van der Waals surface area contributed by atoms with Gasteiger partial charge in [0.2, 0.25) is 0 Å². The highest BCUT2D eigenvalue weighted by molar-refractivity contribution is 5.91. The average molecular weight is 363 g/mol. The van der Waals surface area contributed by atoms with E-state index < -0.39 is 11.9 Å². The third-order valence-corrected chi connectivity index (χ3v) is 4.04. The van der Waals surface area contributed by atoms with Crippen LogP contribution in [0.2, 0.25) is 0 Å². The van der Waals surface area contributed by atoms with Crippen molar-refractivity contribution < 1.29 is 14.3 Å². The van der Waals surface area contributed by atoms with Gasteiger partial charge in [0, 0.05) is 11.1 Å². The predicted molar refractivity (Wildman–Crippen MR) is 106 cm³/mol. The van der Waals surface area contributed by atoms with Gasteiger partial charge in [0.05, 0.1) is 0 Å². The first-order valence-electron chi connectivity index (χ1n) is 8.71. The molecule has 3 N–H and O–H groups in total. The third kappa shape index (κ3) is 4.98. The van der Waals surface area contributed by atoms with E-state index in [1.165, 1.54) is 5.56 Å². The maximum absolute atomic E-state index is 11.9. The van der Waals surface area contributed by atoms with Gasteiger partial charge < -0.3 is 10.1 Å². The van der Waals surface area contributed by atoms with Gasteiger partial charge in [-0.1, -0.05) is 55.5 Å². The Bertz CT molecular complexity index is 934. The lowest BCUT2D eigenvalue weighted by atomic mass is 10.1. The van der Waals surface area contributed by atoms with Gasteiger partial charge in [-0.3, -0.25) is 10.2 Å². The summed E-state index contributed by atoms with van der Waals surface area (Å²) in [6, 6.07) is 20.4. The van der Waals surface area contributed by atoms with Crippen molar-refractivity contribution in [1.29, 1.82) is 0 Å². The zero-order chi connectivity index (χ0) is 19.1. The van der Waals surface area contributed by atoms with Crippen LogP contribution in [0.3, 0.4) is 0 Å². The van der Waals surface area contributed by atoms with Crippen LogP contribution in [0.25, 0.3) is 10.8 Å². The van der Waals surface area contributed by atoms with Gasteiger partial charge >= 0.3 is 6.03 Å². The Morgan fingerprint density at radius 2 is 1.63 bits per heavy atom. The molecule has 3 amide bonds. The third-order valence-electron chi connectivity index (χ3n) is 4.04. The molecule has 6 heteroatoms. The highest BCUT2D eigenvalue weighted by atomic mass is 16.5. The van der Waals surface area contributed by atoms with Gasteiger partial charge in [0.25, 0.3) is 5.91 Å². The van der Waals surface area contributed by atoms with Crippen molar-refractivity contribution in [3.63, 3.8) is 0 Å². The number of hydrogen-bond acceptors (Lipinski definition) is 3. The number of rotatable bonds is 5. The molecule has 0 bridgehead atoms. The van der Waals surface area contributed by atoms with Crippen LogP contribution in [0.15, 0.2) is 66.7 Å². The second kappa shape index (κ2) is 8.71. The minimum atomic E-state index is -0.530. The Labute approximate surface area is 157 Å². The largest absolute Gasteiger partial charge is 0.483 e. The van der Waals surface area contributed by atoms with Crippen molar-refractivity contribution in [2.75, 3.05) is 11.9 Å². The zero-order valence-corrected chi connectivity index (χ0v) is 15.0. The molecule has 6 nitrogen and oxygen atoms in total. The van der Waals surface area contributed by atoms with E-state index in [-0.39, 0.29) is 6.61 Å². The van der Waals surface area contributed by atoms with E-state index in [9.17, 15) is 9.59 Å². The summed E-state index contributed by atoms with van der Waals surface area (Å²) in [5, 5.41) is 4.60. The van der Waals surface area contributed by atoms with Crippen LogP contribution < -0.4 is 20.9 Å². The molecule has 0 aliphatic heterocycles. The molecule has 0 aliphatic rings. The fraction of sp³-hybridized carbons (Fsp3) is 0.143. The Morgan fingerprint density at radius 1 is 0.889 bits per heavy atom. The van der Waals surface area contributed by atoms with Gasteiger partial charge in [-0.15, -0.1) is 0 Å². The Kier molecular flexibility index (Phi) is 5.89. The van der Waals surface area contributed by atoms with Crippen molar-refractivity contribution >= 4 is 28.4 Å². The number of hydrazine groups is 1. The molecule has 3 aromatic rings. The zero-order valence-electron chi connectivity index (χ0n) is 15.0. The predicted octanol–water partition coefficient (Wildman–Crippen LogP) is 3.63. The summed E-state index contributed by atoms with van der Waals surface area (Å²) in [4.78, 5) is 23.8. The maximum Gasteiger partial charge on any atom is 0.337 e. The van der Waals surface area contributed by atoms with Gasteiger partial charge in [-0.25, -0.2) is 10.2 Å². The van der Waals surface area contributed by atoms with Crippen LogP contribution in [0.1, 0.15) is 12.5 Å². The molecule has 27 heavy (non-hydrogen) atoms. The first kappa shape index (κ1) is 18.3. The normalized spacial score (nSPS) is 10.3. The second-order valence-corrected chi connectivity index (χ2v) is 5.94. The van der Waals surface area contributed by atoms with Crippen molar-refractivity contribution in [1.82, 2.24) is 10.9 Å². The van der Waals surface area contributed by atoms with E-state index in [1.807, 2.05) is 60.7 Å². The number of ether oxygens (including phenoxy) is 1. The molecule has 0 atom stereocenters. The molecule has 3 aromatic carbocycles. The number of urea groups is 1. The van der Waals surface area contributed by atoms with Crippen molar-refractivity contribution in [2.45, 2.75) is 13.3 Å². The molecule has 0 heterocycles. The fourth-order valence-electron chi connectivity index (χ4n) is 2.61. The lowest BCUT2D eigenvalue weighted by Crippen LogP contribution is -2.45. The van der Waals surface area contributed by atoms with Gasteiger partial charge in [-0.05, 0) is 35.6 Å². The summed E-state index contributed by atoms with van der Waals surface area (Å²) in [6.45, 7) is 1.85. The van der Waals surface area contributed by atoms with Crippen molar-refractivity contribution in [2.24, 2.45) is 0 Å². The number of carbonyl (C=O) groups is 2. The smallest absolute Gasteiger partial charge is 0.337 e. The molecule has 3 rings (SSSR count). The Hall–Kier alpha value is -3.54. The lowest BCUT2D eigenvalue weighted by Gasteiger charge is -2.11. The van der Waals surface area contributed by atoms with E-state index >= 15 is 0 Å². The van der Waals surface area contributed by atoms with E-state index in [1.54, 1.807) is 6.07 Å². The Morgan fingerprint density at radius 3 is 2.41 bits per heavy atom. The SMILES string of the molecule is CCc1ccc(NC(=O)NNC(=O)COc2cccc3ccccc23)cc1. The molecule has 0 aliphatic carbocycles. The monoisotopic (exact) mass is 363 g/mol. The van der Waals surface area contributed by atoms with Gasteiger partial charge in [-0.2, -0.15) is 0 Å². The van der Waals surface area contributed by atoms with Crippen molar-refractivity contribution in [3.8, 4) is 5.75 Å². The number of carbonyl (C=O) groups excluding carboxylic acids is 2. The number of benzene rings is 3. The summed E-state index contributed by atoms with van der Waals surface area (Å²) >= 11 is 0. The van der Waals surface area contributed by atoms with Crippen LogP contribution in [0.4, 0.5) is 10.5 Å². The first-order valence-corrected chi connectivity index (χ1v) is 8.71. The van der Waals surface area contributed by atoms with E-state index in [2.05, 4.69) is 23.1 Å². The molecule has 0 saturated carbocycles. The molecule has 138 valence electrons. The molecular weight excluding hydrogens is 342 g/mol. The summed E-state index contributed by atoms with van der Waals surface area (Å²) in [6.07, 6.45) is 0.930. The molecule has 0 fully saturated rings. The Balaban J connectivity index is 1.47. The van der Waals surface area contributed by atoms with Gasteiger partial charge in [0.1, 0.15) is 5.75 Å². The van der Waals surface area contributed by atoms with E-state index in [0.717, 1.165) is 17.2 Å².